The molecule has 0 aliphatic carbocycles. The van der Waals surface area contributed by atoms with E-state index in [1.165, 1.54) is 18.9 Å². The summed E-state index contributed by atoms with van der Waals surface area (Å²) in [5.41, 5.74) is 0.768. The van der Waals surface area contributed by atoms with Gasteiger partial charge in [0.25, 0.3) is 0 Å². The van der Waals surface area contributed by atoms with Gasteiger partial charge in [0, 0.05) is 22.6 Å². The third-order valence-electron chi connectivity index (χ3n) is 3.60. The zero-order valence-corrected chi connectivity index (χ0v) is 12.3. The Labute approximate surface area is 117 Å². The van der Waals surface area contributed by atoms with Crippen molar-refractivity contribution in [3.63, 3.8) is 0 Å². The predicted molar refractivity (Wildman–Crippen MR) is 76.1 cm³/mol. The summed E-state index contributed by atoms with van der Waals surface area (Å²) >= 11 is 3.40. The molecule has 18 heavy (non-hydrogen) atoms. The van der Waals surface area contributed by atoms with Crippen molar-refractivity contribution in [1.29, 1.82) is 0 Å². The van der Waals surface area contributed by atoms with Crippen molar-refractivity contribution in [1.82, 2.24) is 10.2 Å². The molecule has 1 aromatic rings. The highest BCUT2D eigenvalue weighted by Gasteiger charge is 2.17. The second-order valence-electron chi connectivity index (χ2n) is 4.99. The largest absolute Gasteiger partial charge is 0.317 e. The van der Waals surface area contributed by atoms with Crippen LogP contribution in [-0.2, 0) is 6.54 Å². The van der Waals surface area contributed by atoms with Crippen LogP contribution in [0.3, 0.4) is 0 Å². The van der Waals surface area contributed by atoms with Gasteiger partial charge in [-0.3, -0.25) is 4.90 Å². The van der Waals surface area contributed by atoms with E-state index in [1.807, 2.05) is 6.07 Å². The highest BCUT2D eigenvalue weighted by molar-refractivity contribution is 9.10. The summed E-state index contributed by atoms with van der Waals surface area (Å²) in [5, 5.41) is 3.41. The van der Waals surface area contributed by atoms with Gasteiger partial charge in [-0.15, -0.1) is 0 Å². The van der Waals surface area contributed by atoms with Crippen molar-refractivity contribution in [3.8, 4) is 0 Å². The van der Waals surface area contributed by atoms with E-state index < -0.39 is 0 Å². The van der Waals surface area contributed by atoms with E-state index in [-0.39, 0.29) is 5.82 Å². The van der Waals surface area contributed by atoms with Crippen LogP contribution >= 0.6 is 15.9 Å². The molecule has 1 aliphatic rings. The van der Waals surface area contributed by atoms with Gasteiger partial charge in [-0.2, -0.15) is 0 Å². The molecule has 1 heterocycles. The summed E-state index contributed by atoms with van der Waals surface area (Å²) in [4.78, 5) is 2.28. The lowest BCUT2D eigenvalue weighted by Gasteiger charge is -2.27. The van der Waals surface area contributed by atoms with Crippen molar-refractivity contribution >= 4 is 15.9 Å². The molecule has 0 aromatic heterocycles. The molecule has 0 amide bonds. The van der Waals surface area contributed by atoms with Crippen molar-refractivity contribution in [2.24, 2.45) is 0 Å². The number of nitrogens with one attached hydrogen (secondary N) is 1. The number of hydrogen-bond acceptors (Lipinski definition) is 2. The summed E-state index contributed by atoms with van der Waals surface area (Å²) in [5.74, 6) is -0.114. The average Bonchev–Trinajstić information content (AvgIpc) is 2.62. The van der Waals surface area contributed by atoms with Gasteiger partial charge in [-0.1, -0.05) is 15.9 Å². The first kappa shape index (κ1) is 14.0. The number of hydrogen-bond donors (Lipinski definition) is 1. The van der Waals surface area contributed by atoms with Crippen molar-refractivity contribution in [2.75, 3.05) is 20.1 Å². The fraction of sp³-hybridized carbons (Fsp3) is 0.571. The SMILES string of the molecule is CN(Cc1cc(Br)ccc1F)C1CCCNCC1. The summed E-state index contributed by atoms with van der Waals surface area (Å²) in [7, 11) is 2.09. The molecule has 1 fully saturated rings. The maximum atomic E-state index is 13.7. The van der Waals surface area contributed by atoms with Gasteiger partial charge in [0.15, 0.2) is 0 Å². The van der Waals surface area contributed by atoms with Gasteiger partial charge in [0.1, 0.15) is 5.82 Å². The molecule has 2 rings (SSSR count). The molecule has 1 unspecified atom stereocenters. The lowest BCUT2D eigenvalue weighted by atomic mass is 10.1. The van der Waals surface area contributed by atoms with E-state index in [0.717, 1.165) is 29.5 Å². The van der Waals surface area contributed by atoms with E-state index in [1.54, 1.807) is 6.07 Å². The van der Waals surface area contributed by atoms with Gasteiger partial charge < -0.3 is 5.32 Å². The molecule has 1 N–H and O–H groups in total. The molecule has 0 radical (unpaired) electrons. The van der Waals surface area contributed by atoms with Gasteiger partial charge in [0.2, 0.25) is 0 Å². The first-order chi connectivity index (χ1) is 8.66. The van der Waals surface area contributed by atoms with E-state index in [2.05, 4.69) is 33.2 Å². The molecule has 1 saturated heterocycles. The molecule has 2 nitrogen and oxygen atoms in total. The Bertz CT molecular complexity index is 389. The van der Waals surface area contributed by atoms with Crippen molar-refractivity contribution < 1.29 is 4.39 Å². The van der Waals surface area contributed by atoms with Crippen molar-refractivity contribution in [3.05, 3.63) is 34.1 Å². The fourth-order valence-electron chi connectivity index (χ4n) is 2.50. The summed E-state index contributed by atoms with van der Waals surface area (Å²) in [6, 6.07) is 5.70. The normalized spacial score (nSPS) is 21.0. The molecule has 4 heteroatoms. The van der Waals surface area contributed by atoms with Gasteiger partial charge in [0.05, 0.1) is 0 Å². The smallest absolute Gasteiger partial charge is 0.127 e. The summed E-state index contributed by atoms with van der Waals surface area (Å²) in [6.45, 7) is 2.85. The van der Waals surface area contributed by atoms with E-state index in [9.17, 15) is 4.39 Å². The third kappa shape index (κ3) is 3.77. The molecule has 0 saturated carbocycles. The zero-order chi connectivity index (χ0) is 13.0. The van der Waals surface area contributed by atoms with Crippen LogP contribution in [0.25, 0.3) is 0 Å². The molecule has 1 atom stereocenters. The molecule has 0 spiro atoms. The molecule has 100 valence electrons. The molecule has 1 aromatic carbocycles. The second-order valence-corrected chi connectivity index (χ2v) is 5.90. The maximum absolute atomic E-state index is 13.7. The zero-order valence-electron chi connectivity index (χ0n) is 10.8. The first-order valence-corrected chi connectivity index (χ1v) is 7.31. The van der Waals surface area contributed by atoms with E-state index >= 15 is 0 Å². The van der Waals surface area contributed by atoms with Gasteiger partial charge in [-0.05, 0) is 57.6 Å². The van der Waals surface area contributed by atoms with Crippen LogP contribution in [0.1, 0.15) is 24.8 Å². The number of rotatable bonds is 3. The van der Waals surface area contributed by atoms with Crippen LogP contribution in [0.4, 0.5) is 4.39 Å². The average molecular weight is 315 g/mol. The van der Waals surface area contributed by atoms with Gasteiger partial charge >= 0.3 is 0 Å². The monoisotopic (exact) mass is 314 g/mol. The molecule has 0 bridgehead atoms. The van der Waals surface area contributed by atoms with Gasteiger partial charge in [-0.25, -0.2) is 4.39 Å². The van der Waals surface area contributed by atoms with Crippen molar-refractivity contribution in [2.45, 2.75) is 31.8 Å². The summed E-state index contributed by atoms with van der Waals surface area (Å²) < 4.78 is 14.7. The predicted octanol–water partition coefficient (Wildman–Crippen LogP) is 3.16. The standard InChI is InChI=1S/C14H20BrFN2/c1-18(13-3-2-7-17-8-6-13)10-11-9-12(15)4-5-14(11)16/h4-5,9,13,17H,2-3,6-8,10H2,1H3. The van der Waals surface area contributed by atoms with Crippen LogP contribution < -0.4 is 5.32 Å². The Morgan fingerprint density at radius 2 is 2.22 bits per heavy atom. The quantitative estimate of drug-likeness (QED) is 0.922. The lowest BCUT2D eigenvalue weighted by Crippen LogP contribution is -2.32. The third-order valence-corrected chi connectivity index (χ3v) is 4.09. The first-order valence-electron chi connectivity index (χ1n) is 6.51. The molecule has 1 aliphatic heterocycles. The summed E-state index contributed by atoms with van der Waals surface area (Å²) in [6.07, 6.45) is 3.54. The van der Waals surface area contributed by atoms with Crippen LogP contribution in [0.2, 0.25) is 0 Å². The number of halogens is 2. The Hall–Kier alpha value is -0.450. The molecular weight excluding hydrogens is 295 g/mol. The Morgan fingerprint density at radius 3 is 3.06 bits per heavy atom. The van der Waals surface area contributed by atoms with Crippen LogP contribution in [0.5, 0.6) is 0 Å². The van der Waals surface area contributed by atoms with E-state index in [4.69, 9.17) is 0 Å². The Morgan fingerprint density at radius 1 is 1.39 bits per heavy atom. The Kier molecular flexibility index (Phi) is 5.15. The second kappa shape index (κ2) is 6.64. The van der Waals surface area contributed by atoms with Crippen LogP contribution in [0.15, 0.2) is 22.7 Å². The fourth-order valence-corrected chi connectivity index (χ4v) is 2.91. The van der Waals surface area contributed by atoms with Crippen LogP contribution in [-0.4, -0.2) is 31.1 Å². The van der Waals surface area contributed by atoms with Crippen LogP contribution in [0, 0.1) is 5.82 Å². The maximum Gasteiger partial charge on any atom is 0.127 e. The van der Waals surface area contributed by atoms with E-state index in [0.29, 0.717) is 12.6 Å². The minimum Gasteiger partial charge on any atom is -0.317 e. The topological polar surface area (TPSA) is 15.3 Å². The number of nitrogens with zero attached hydrogens (tertiary/aromatic N) is 1. The lowest BCUT2D eigenvalue weighted by molar-refractivity contribution is 0.214. The number of benzene rings is 1. The minimum absolute atomic E-state index is 0.114. The highest BCUT2D eigenvalue weighted by Crippen LogP contribution is 2.19. The highest BCUT2D eigenvalue weighted by atomic mass is 79.9. The molecular formula is C14H20BrFN2. The Balaban J connectivity index is 2.00. The minimum atomic E-state index is -0.114.